The number of nitrogens with two attached hydrogens (primary N) is 2. The second-order valence-electron chi connectivity index (χ2n) is 11.0. The first-order valence-corrected chi connectivity index (χ1v) is 16.2. The van der Waals surface area contributed by atoms with Gasteiger partial charge in [0.15, 0.2) is 5.96 Å². The van der Waals surface area contributed by atoms with Gasteiger partial charge in [-0.25, -0.2) is 0 Å². The molecule has 4 rings (SSSR count). The van der Waals surface area contributed by atoms with Gasteiger partial charge in [0.1, 0.15) is 17.1 Å². The molecule has 4 amide bonds. The topological polar surface area (TPSA) is 199 Å². The number of nitrogens with one attached hydrogen (secondary N) is 4. The Morgan fingerprint density at radius 2 is 1.12 bits per heavy atom. The third kappa shape index (κ3) is 9.58. The average Bonchev–Trinajstić information content (AvgIpc) is 3.74. The number of anilines is 4. The molecule has 3 aromatic heterocycles. The fraction of sp³-hybridized carbons (Fsp3) is 0.281. The van der Waals surface area contributed by atoms with E-state index in [0.29, 0.717) is 53.2 Å². The van der Waals surface area contributed by atoms with Crippen LogP contribution in [0.4, 0.5) is 22.7 Å². The number of guanidine groups is 1. The number of alkyl halides is 2. The maximum atomic E-state index is 13.2. The first-order valence-electron chi connectivity index (χ1n) is 15.1. The molecule has 0 unspecified atom stereocenters. The van der Waals surface area contributed by atoms with Gasteiger partial charge < -0.3 is 51.3 Å². The third-order valence-corrected chi connectivity index (χ3v) is 7.72. The van der Waals surface area contributed by atoms with Crippen LogP contribution in [0.2, 0.25) is 0 Å². The standard InChI is InChI=1S/C32H39Cl2N11O4/c1-42-18-22(14-25(42)29(47)37-10-11-38-32(35)36)40-31(49)27-16-23(19-44(27)3)41-30(48)26-15-21(17-43(26)2)39-28(46)20-4-6-24(7-5-20)45(12-8-33)13-9-34/h4-7,14-19H,8-13H2,1-3H3,(H,37,47)(H,39,46)(H,40,49)(H,41,48)(H4,35,36,38). The van der Waals surface area contributed by atoms with E-state index in [1.165, 1.54) is 6.07 Å². The van der Waals surface area contributed by atoms with Gasteiger partial charge >= 0.3 is 0 Å². The van der Waals surface area contributed by atoms with Crippen molar-refractivity contribution < 1.29 is 19.2 Å². The van der Waals surface area contributed by atoms with E-state index >= 15 is 0 Å². The van der Waals surface area contributed by atoms with Gasteiger partial charge in [-0.2, -0.15) is 0 Å². The van der Waals surface area contributed by atoms with Gasteiger partial charge in [-0.05, 0) is 42.5 Å². The number of aliphatic imine (C=N–C) groups is 1. The second kappa shape index (κ2) is 16.6. The van der Waals surface area contributed by atoms with Crippen LogP contribution in [-0.4, -0.2) is 81.2 Å². The molecule has 1 aromatic carbocycles. The number of rotatable bonds is 15. The lowest BCUT2D eigenvalue weighted by atomic mass is 10.1. The molecule has 0 saturated heterocycles. The number of amides is 4. The third-order valence-electron chi connectivity index (χ3n) is 7.38. The summed E-state index contributed by atoms with van der Waals surface area (Å²) < 4.78 is 4.73. The van der Waals surface area contributed by atoms with Crippen molar-refractivity contribution in [3.8, 4) is 0 Å². The largest absolute Gasteiger partial charge is 0.370 e. The summed E-state index contributed by atoms with van der Waals surface area (Å²) in [7, 11) is 5.03. The van der Waals surface area contributed by atoms with Crippen molar-refractivity contribution in [1.82, 2.24) is 19.0 Å². The van der Waals surface area contributed by atoms with E-state index in [-0.39, 0.29) is 42.3 Å². The van der Waals surface area contributed by atoms with Crippen molar-refractivity contribution in [1.29, 1.82) is 0 Å². The van der Waals surface area contributed by atoms with E-state index in [9.17, 15) is 19.2 Å². The van der Waals surface area contributed by atoms with Gasteiger partial charge in [0.2, 0.25) is 0 Å². The van der Waals surface area contributed by atoms with Gasteiger partial charge in [-0.3, -0.25) is 24.2 Å². The molecule has 3 heterocycles. The number of halogens is 2. The van der Waals surface area contributed by atoms with E-state index in [4.69, 9.17) is 34.7 Å². The summed E-state index contributed by atoms with van der Waals surface area (Å²) in [5.41, 5.74) is 14.0. The summed E-state index contributed by atoms with van der Waals surface area (Å²) in [6, 6.07) is 11.7. The minimum Gasteiger partial charge on any atom is -0.370 e. The second-order valence-corrected chi connectivity index (χ2v) is 11.8. The van der Waals surface area contributed by atoms with E-state index in [2.05, 4.69) is 26.3 Å². The molecule has 15 nitrogen and oxygen atoms in total. The molecule has 0 radical (unpaired) electrons. The lowest BCUT2D eigenvalue weighted by molar-refractivity contribution is 0.0944. The lowest BCUT2D eigenvalue weighted by Gasteiger charge is -2.22. The predicted octanol–water partition coefficient (Wildman–Crippen LogP) is 2.75. The lowest BCUT2D eigenvalue weighted by Crippen LogP contribution is -2.29. The van der Waals surface area contributed by atoms with Crippen LogP contribution < -0.4 is 37.6 Å². The smallest absolute Gasteiger partial charge is 0.272 e. The fourth-order valence-electron chi connectivity index (χ4n) is 5.01. The minimum atomic E-state index is -0.448. The SMILES string of the molecule is Cn1cc(NC(=O)c2cc(NC(=O)c3cc(NC(=O)c4ccc(N(CCCl)CCCl)cc4)cn3C)cn2C)cc1C(=O)NCCN=C(N)N. The van der Waals surface area contributed by atoms with Crippen LogP contribution in [-0.2, 0) is 21.1 Å². The van der Waals surface area contributed by atoms with Crippen molar-refractivity contribution in [2.24, 2.45) is 37.6 Å². The summed E-state index contributed by atoms with van der Waals surface area (Å²) in [6.45, 7) is 1.73. The summed E-state index contributed by atoms with van der Waals surface area (Å²) in [5, 5.41) is 11.1. The highest BCUT2D eigenvalue weighted by Crippen LogP contribution is 2.21. The number of aryl methyl sites for hydroxylation is 3. The zero-order chi connectivity index (χ0) is 35.7. The molecule has 0 saturated carbocycles. The number of aromatic nitrogens is 3. The van der Waals surface area contributed by atoms with Crippen molar-refractivity contribution in [2.45, 2.75) is 0 Å². The summed E-state index contributed by atoms with van der Waals surface area (Å²) in [4.78, 5) is 57.6. The Bertz CT molecular complexity index is 1830. The van der Waals surface area contributed by atoms with Crippen molar-refractivity contribution >= 4 is 75.5 Å². The minimum absolute atomic E-state index is 0.0649. The van der Waals surface area contributed by atoms with Gasteiger partial charge in [-0.15, -0.1) is 23.2 Å². The zero-order valence-corrected chi connectivity index (χ0v) is 28.8. The molecule has 0 aliphatic carbocycles. The Morgan fingerprint density at radius 1 is 0.694 bits per heavy atom. The molecule has 0 fully saturated rings. The molecule has 8 N–H and O–H groups in total. The van der Waals surface area contributed by atoms with Crippen LogP contribution in [0, 0.1) is 0 Å². The molecule has 0 spiro atoms. The molecule has 4 aromatic rings. The number of carbonyl (C=O) groups excluding carboxylic acids is 4. The van der Waals surface area contributed by atoms with Crippen molar-refractivity contribution in [2.75, 3.05) is 58.8 Å². The molecule has 0 atom stereocenters. The summed E-state index contributed by atoms with van der Waals surface area (Å²) in [6.07, 6.45) is 4.84. The number of benzene rings is 1. The number of hydrogen-bond donors (Lipinski definition) is 6. The van der Waals surface area contributed by atoms with Gasteiger partial charge in [-0.1, -0.05) is 0 Å². The molecule has 0 aliphatic rings. The maximum absolute atomic E-state index is 13.2. The van der Waals surface area contributed by atoms with Crippen molar-refractivity contribution in [3.63, 3.8) is 0 Å². The molecule has 0 aliphatic heterocycles. The predicted molar refractivity (Wildman–Crippen MR) is 193 cm³/mol. The Morgan fingerprint density at radius 3 is 1.55 bits per heavy atom. The Hall–Kier alpha value is -5.41. The highest BCUT2D eigenvalue weighted by Gasteiger charge is 2.19. The Kier molecular flexibility index (Phi) is 12.4. The summed E-state index contributed by atoms with van der Waals surface area (Å²) >= 11 is 11.8. The highest BCUT2D eigenvalue weighted by atomic mass is 35.5. The fourth-order valence-corrected chi connectivity index (χ4v) is 5.42. The number of nitrogens with zero attached hydrogens (tertiary/aromatic N) is 5. The highest BCUT2D eigenvalue weighted by molar-refractivity contribution is 6.18. The van der Waals surface area contributed by atoms with Crippen molar-refractivity contribution in [3.05, 3.63) is 83.7 Å². The Labute approximate surface area is 293 Å². The first kappa shape index (κ1) is 36.4. The first-order chi connectivity index (χ1) is 23.4. The number of carbonyl (C=O) groups is 4. The van der Waals surface area contributed by atoms with Crippen LogP contribution in [0.1, 0.15) is 41.8 Å². The Balaban J connectivity index is 1.36. The van der Waals surface area contributed by atoms with Gasteiger partial charge in [0, 0.05) is 82.4 Å². The summed E-state index contributed by atoms with van der Waals surface area (Å²) in [5.74, 6) is -0.746. The molecular weight excluding hydrogens is 673 g/mol. The van der Waals surface area contributed by atoms with Crippen LogP contribution in [0.5, 0.6) is 0 Å². The van der Waals surface area contributed by atoms with Crippen LogP contribution in [0.3, 0.4) is 0 Å². The quantitative estimate of drug-likeness (QED) is 0.0471. The molecular formula is C32H39Cl2N11O4. The average molecular weight is 713 g/mol. The zero-order valence-electron chi connectivity index (χ0n) is 27.3. The molecule has 260 valence electrons. The van der Waals surface area contributed by atoms with Crippen LogP contribution in [0.15, 0.2) is 66.0 Å². The van der Waals surface area contributed by atoms with E-state index in [1.54, 1.807) is 77.7 Å². The van der Waals surface area contributed by atoms with Gasteiger partial charge in [0.25, 0.3) is 23.6 Å². The normalized spacial score (nSPS) is 10.7. The van der Waals surface area contributed by atoms with E-state index < -0.39 is 11.8 Å². The van der Waals surface area contributed by atoms with E-state index in [1.807, 2.05) is 17.0 Å². The molecule has 17 heteroatoms. The van der Waals surface area contributed by atoms with Gasteiger partial charge in [0.05, 0.1) is 23.6 Å². The van der Waals surface area contributed by atoms with Crippen LogP contribution >= 0.6 is 23.2 Å². The maximum Gasteiger partial charge on any atom is 0.272 e. The van der Waals surface area contributed by atoms with E-state index in [0.717, 1.165) is 5.69 Å². The molecule has 49 heavy (non-hydrogen) atoms. The van der Waals surface area contributed by atoms with Crippen LogP contribution in [0.25, 0.3) is 0 Å². The number of hydrogen-bond acceptors (Lipinski definition) is 6. The molecule has 0 bridgehead atoms. The monoisotopic (exact) mass is 711 g/mol.